The molecular weight excluding hydrogens is 413 g/mol. The van der Waals surface area contributed by atoms with E-state index in [9.17, 15) is 19.1 Å². The van der Waals surface area contributed by atoms with Crippen LogP contribution in [0.2, 0.25) is 0 Å². The maximum atomic E-state index is 13.4. The fourth-order valence-electron chi connectivity index (χ4n) is 4.39. The number of nitrogens with zero attached hydrogens (tertiary/aromatic N) is 5. The summed E-state index contributed by atoms with van der Waals surface area (Å²) in [6, 6.07) is 8.16. The highest BCUT2D eigenvalue weighted by molar-refractivity contribution is 5.94. The van der Waals surface area contributed by atoms with E-state index in [0.29, 0.717) is 23.8 Å². The lowest BCUT2D eigenvalue weighted by molar-refractivity contribution is 0.0196. The number of piperazine rings is 1. The van der Waals surface area contributed by atoms with E-state index in [2.05, 4.69) is 10.1 Å². The van der Waals surface area contributed by atoms with Crippen LogP contribution in [0.3, 0.4) is 0 Å². The molecule has 1 aliphatic carbocycles. The molecule has 0 atom stereocenters. The van der Waals surface area contributed by atoms with Gasteiger partial charge in [-0.25, -0.2) is 18.7 Å². The van der Waals surface area contributed by atoms with Crippen LogP contribution in [0, 0.1) is 5.82 Å². The molecule has 0 unspecified atom stereocenters. The summed E-state index contributed by atoms with van der Waals surface area (Å²) in [5.74, 6) is -0.172. The fourth-order valence-corrected chi connectivity index (χ4v) is 4.39. The van der Waals surface area contributed by atoms with Gasteiger partial charge in [-0.2, -0.15) is 5.10 Å². The molecule has 1 aliphatic heterocycles. The van der Waals surface area contributed by atoms with Gasteiger partial charge in [0.1, 0.15) is 11.5 Å². The van der Waals surface area contributed by atoms with E-state index >= 15 is 0 Å². The number of carbonyl (C=O) groups is 2. The first-order chi connectivity index (χ1) is 15.2. The number of aromatic nitrogens is 3. The summed E-state index contributed by atoms with van der Waals surface area (Å²) in [6.07, 6.45) is 2.77. The monoisotopic (exact) mass is 437 g/mol. The molecule has 166 valence electrons. The van der Waals surface area contributed by atoms with Crippen LogP contribution >= 0.6 is 0 Å². The molecular formula is C23H24FN5O3. The second-order valence-corrected chi connectivity index (χ2v) is 9.13. The molecule has 3 heterocycles. The van der Waals surface area contributed by atoms with E-state index in [0.717, 1.165) is 24.0 Å². The normalized spacial score (nSPS) is 18.2. The number of imidazole rings is 1. The number of rotatable bonds is 3. The van der Waals surface area contributed by atoms with Gasteiger partial charge in [0.2, 0.25) is 0 Å². The van der Waals surface area contributed by atoms with Crippen molar-refractivity contribution in [3.63, 3.8) is 0 Å². The number of halogens is 1. The molecule has 2 fully saturated rings. The molecule has 0 spiro atoms. The van der Waals surface area contributed by atoms with Gasteiger partial charge in [0.25, 0.3) is 5.91 Å². The highest BCUT2D eigenvalue weighted by Gasteiger charge is 2.39. The molecule has 3 aromatic rings. The van der Waals surface area contributed by atoms with Crippen molar-refractivity contribution in [2.24, 2.45) is 0 Å². The smallest absolute Gasteiger partial charge is 0.407 e. The van der Waals surface area contributed by atoms with Crippen molar-refractivity contribution in [3.8, 4) is 11.3 Å². The maximum Gasteiger partial charge on any atom is 0.407 e. The maximum absolute atomic E-state index is 13.4. The Bertz CT molecular complexity index is 1220. The minimum atomic E-state index is -0.982. The number of hydrogen-bond donors (Lipinski definition) is 1. The molecule has 0 bridgehead atoms. The first kappa shape index (κ1) is 20.4. The van der Waals surface area contributed by atoms with E-state index in [1.165, 1.54) is 17.0 Å². The van der Waals surface area contributed by atoms with Crippen molar-refractivity contribution in [1.29, 1.82) is 0 Å². The van der Waals surface area contributed by atoms with E-state index in [-0.39, 0.29) is 30.5 Å². The molecule has 2 amide bonds. The fraction of sp³-hybridized carbons (Fsp3) is 0.391. The lowest BCUT2D eigenvalue weighted by Crippen LogP contribution is -2.61. The van der Waals surface area contributed by atoms with Gasteiger partial charge in [0.05, 0.1) is 17.4 Å². The van der Waals surface area contributed by atoms with Gasteiger partial charge in [-0.05, 0) is 62.9 Å². The topological polar surface area (TPSA) is 91.0 Å². The van der Waals surface area contributed by atoms with Crippen LogP contribution in [0.5, 0.6) is 0 Å². The van der Waals surface area contributed by atoms with Crippen molar-refractivity contribution in [1.82, 2.24) is 24.4 Å². The van der Waals surface area contributed by atoms with E-state index in [4.69, 9.17) is 0 Å². The van der Waals surface area contributed by atoms with Crippen LogP contribution in [-0.4, -0.2) is 66.7 Å². The summed E-state index contributed by atoms with van der Waals surface area (Å²) in [7, 11) is 0. The first-order valence-electron chi connectivity index (χ1n) is 10.7. The van der Waals surface area contributed by atoms with E-state index < -0.39 is 11.6 Å². The minimum Gasteiger partial charge on any atom is -0.465 e. The molecule has 9 heteroatoms. The lowest BCUT2D eigenvalue weighted by Gasteiger charge is -2.45. The predicted molar refractivity (Wildman–Crippen MR) is 115 cm³/mol. The van der Waals surface area contributed by atoms with Crippen LogP contribution < -0.4 is 0 Å². The molecule has 8 nitrogen and oxygen atoms in total. The Balaban J connectivity index is 1.51. The average Bonchev–Trinajstić information content (AvgIpc) is 3.50. The zero-order chi connectivity index (χ0) is 22.6. The Kier molecular flexibility index (Phi) is 4.65. The number of benzene rings is 1. The van der Waals surface area contributed by atoms with Crippen LogP contribution in [0.1, 0.15) is 48.7 Å². The largest absolute Gasteiger partial charge is 0.465 e. The molecule has 1 N–H and O–H groups in total. The Morgan fingerprint density at radius 3 is 2.50 bits per heavy atom. The molecule has 5 rings (SSSR count). The molecule has 2 aromatic heterocycles. The number of hydrogen-bond acceptors (Lipinski definition) is 4. The Morgan fingerprint density at radius 2 is 1.88 bits per heavy atom. The van der Waals surface area contributed by atoms with Gasteiger partial charge in [0.15, 0.2) is 5.65 Å². The van der Waals surface area contributed by atoms with Crippen molar-refractivity contribution in [2.75, 3.05) is 19.6 Å². The van der Waals surface area contributed by atoms with Crippen molar-refractivity contribution in [3.05, 3.63) is 53.6 Å². The molecule has 32 heavy (non-hydrogen) atoms. The molecule has 1 aromatic carbocycles. The van der Waals surface area contributed by atoms with E-state index in [1.54, 1.807) is 27.7 Å². The third-order valence-electron chi connectivity index (χ3n) is 6.25. The van der Waals surface area contributed by atoms with Gasteiger partial charge >= 0.3 is 6.09 Å². The van der Waals surface area contributed by atoms with Gasteiger partial charge in [-0.15, -0.1) is 0 Å². The lowest BCUT2D eigenvalue weighted by atomic mass is 9.98. The van der Waals surface area contributed by atoms with Crippen LogP contribution in [0.25, 0.3) is 16.9 Å². The van der Waals surface area contributed by atoms with Gasteiger partial charge in [-0.3, -0.25) is 4.79 Å². The highest BCUT2D eigenvalue weighted by atomic mass is 19.1. The van der Waals surface area contributed by atoms with Crippen LogP contribution in [0.4, 0.5) is 9.18 Å². The third kappa shape index (κ3) is 3.57. The summed E-state index contributed by atoms with van der Waals surface area (Å²) in [5, 5.41) is 13.9. The zero-order valence-electron chi connectivity index (χ0n) is 18.0. The summed E-state index contributed by atoms with van der Waals surface area (Å²) in [4.78, 5) is 32.4. The Labute approximate surface area is 184 Å². The van der Waals surface area contributed by atoms with E-state index in [1.807, 2.05) is 19.9 Å². The number of amides is 2. The molecule has 1 saturated carbocycles. The Morgan fingerprint density at radius 1 is 1.16 bits per heavy atom. The summed E-state index contributed by atoms with van der Waals surface area (Å²) in [5.41, 5.74) is 2.81. The predicted octanol–water partition coefficient (Wildman–Crippen LogP) is 3.63. The first-order valence-corrected chi connectivity index (χ1v) is 10.7. The quantitative estimate of drug-likeness (QED) is 0.676. The van der Waals surface area contributed by atoms with Crippen molar-refractivity contribution >= 4 is 17.6 Å². The van der Waals surface area contributed by atoms with Gasteiger partial charge in [-0.1, -0.05) is 0 Å². The van der Waals surface area contributed by atoms with Gasteiger partial charge < -0.3 is 14.9 Å². The number of fused-ring (bicyclic) bond motifs is 1. The third-order valence-corrected chi connectivity index (χ3v) is 6.25. The summed E-state index contributed by atoms with van der Waals surface area (Å²) < 4.78 is 15.0. The highest BCUT2D eigenvalue weighted by Crippen LogP contribution is 2.42. The van der Waals surface area contributed by atoms with Crippen LogP contribution in [-0.2, 0) is 0 Å². The Hall–Kier alpha value is -3.49. The minimum absolute atomic E-state index is 0.238. The molecule has 1 saturated heterocycles. The number of carbonyl (C=O) groups excluding carboxylic acids is 1. The van der Waals surface area contributed by atoms with Crippen molar-refractivity contribution < 1.29 is 19.1 Å². The zero-order valence-corrected chi connectivity index (χ0v) is 18.0. The summed E-state index contributed by atoms with van der Waals surface area (Å²) >= 11 is 0. The molecule has 0 radical (unpaired) electrons. The van der Waals surface area contributed by atoms with Crippen molar-refractivity contribution in [2.45, 2.75) is 38.1 Å². The second-order valence-electron chi connectivity index (χ2n) is 9.13. The SMILES string of the molecule is CC1(C)CN(C(=O)O)CCN1C(=O)c1cn2nc(-c3ccc(F)cc3)cc(C3CC3)c2n1. The van der Waals surface area contributed by atoms with Crippen LogP contribution in [0.15, 0.2) is 36.5 Å². The standard InChI is InChI=1S/C23H24FN5O3/c1-23(2)13-27(22(31)32)9-10-28(23)21(30)19-12-29-20(25-19)17(14-3-4-14)11-18(26-29)15-5-7-16(24)8-6-15/h5-8,11-12,14H,3-4,9-10,13H2,1-2H3,(H,31,32). The average molecular weight is 437 g/mol. The molecule has 2 aliphatic rings. The summed E-state index contributed by atoms with van der Waals surface area (Å²) in [6.45, 7) is 4.52. The van der Waals surface area contributed by atoms with Gasteiger partial charge in [0, 0.05) is 30.8 Å². The second kappa shape index (κ2) is 7.29. The number of carboxylic acid groups (broad SMARTS) is 1.